The van der Waals surface area contributed by atoms with E-state index in [0.29, 0.717) is 23.7 Å². The summed E-state index contributed by atoms with van der Waals surface area (Å²) in [4.78, 5) is 0. The SMILES string of the molecule is NCCc1nn(-c2cccc(F)c2)cc1Cl. The average molecular weight is 240 g/mol. The standard InChI is InChI=1S/C11H11ClFN3/c12-10-7-16(15-11(10)4-5-14)9-3-1-2-8(13)6-9/h1-3,6-7H,4-5,14H2. The first-order valence-electron chi connectivity index (χ1n) is 4.91. The van der Waals surface area contributed by atoms with Gasteiger partial charge in [-0.2, -0.15) is 5.10 Å². The second-order valence-electron chi connectivity index (χ2n) is 3.39. The van der Waals surface area contributed by atoms with E-state index in [2.05, 4.69) is 5.10 Å². The highest BCUT2D eigenvalue weighted by Gasteiger charge is 2.07. The Morgan fingerprint density at radius 1 is 1.44 bits per heavy atom. The smallest absolute Gasteiger partial charge is 0.125 e. The molecular weight excluding hydrogens is 229 g/mol. The van der Waals surface area contributed by atoms with Gasteiger partial charge in [0.05, 0.1) is 16.4 Å². The van der Waals surface area contributed by atoms with Crippen molar-refractivity contribution in [2.24, 2.45) is 5.73 Å². The molecule has 3 nitrogen and oxygen atoms in total. The molecule has 2 N–H and O–H groups in total. The topological polar surface area (TPSA) is 43.8 Å². The molecule has 0 amide bonds. The highest BCUT2D eigenvalue weighted by Crippen LogP contribution is 2.17. The van der Waals surface area contributed by atoms with Crippen LogP contribution in [0.2, 0.25) is 5.02 Å². The van der Waals surface area contributed by atoms with Gasteiger partial charge in [-0.05, 0) is 24.7 Å². The zero-order valence-electron chi connectivity index (χ0n) is 8.53. The van der Waals surface area contributed by atoms with Crippen molar-refractivity contribution >= 4 is 11.6 Å². The van der Waals surface area contributed by atoms with E-state index >= 15 is 0 Å². The molecule has 0 unspecified atom stereocenters. The van der Waals surface area contributed by atoms with E-state index in [1.54, 1.807) is 23.0 Å². The quantitative estimate of drug-likeness (QED) is 0.892. The summed E-state index contributed by atoms with van der Waals surface area (Å²) in [5.74, 6) is -0.301. The number of hydrogen-bond acceptors (Lipinski definition) is 2. The number of rotatable bonds is 3. The molecule has 1 aromatic heterocycles. The van der Waals surface area contributed by atoms with Gasteiger partial charge in [0.15, 0.2) is 0 Å². The van der Waals surface area contributed by atoms with Gasteiger partial charge >= 0.3 is 0 Å². The van der Waals surface area contributed by atoms with Crippen molar-refractivity contribution < 1.29 is 4.39 Å². The molecule has 0 aliphatic rings. The molecule has 0 spiro atoms. The maximum absolute atomic E-state index is 13.0. The number of aromatic nitrogens is 2. The Hall–Kier alpha value is -1.39. The molecule has 0 fully saturated rings. The molecule has 16 heavy (non-hydrogen) atoms. The second-order valence-corrected chi connectivity index (χ2v) is 3.79. The number of nitrogens with zero attached hydrogens (tertiary/aromatic N) is 2. The lowest BCUT2D eigenvalue weighted by molar-refractivity contribution is 0.625. The van der Waals surface area contributed by atoms with Crippen LogP contribution in [0, 0.1) is 5.82 Å². The van der Waals surface area contributed by atoms with Crippen molar-refractivity contribution in [1.29, 1.82) is 0 Å². The van der Waals surface area contributed by atoms with Crippen LogP contribution in [-0.4, -0.2) is 16.3 Å². The fourth-order valence-electron chi connectivity index (χ4n) is 1.45. The van der Waals surface area contributed by atoms with Crippen molar-refractivity contribution in [2.75, 3.05) is 6.54 Å². The molecule has 5 heteroatoms. The molecule has 0 atom stereocenters. The first kappa shape index (κ1) is 11.1. The van der Waals surface area contributed by atoms with E-state index < -0.39 is 0 Å². The van der Waals surface area contributed by atoms with Crippen molar-refractivity contribution in [3.63, 3.8) is 0 Å². The van der Waals surface area contributed by atoms with Gasteiger partial charge in [-0.15, -0.1) is 0 Å². The molecule has 0 aliphatic heterocycles. The van der Waals surface area contributed by atoms with Crippen LogP contribution in [0.1, 0.15) is 5.69 Å². The third-order valence-electron chi connectivity index (χ3n) is 2.19. The fourth-order valence-corrected chi connectivity index (χ4v) is 1.67. The summed E-state index contributed by atoms with van der Waals surface area (Å²) in [5.41, 5.74) is 6.81. The van der Waals surface area contributed by atoms with E-state index in [4.69, 9.17) is 17.3 Å². The Balaban J connectivity index is 2.37. The molecule has 0 saturated carbocycles. The van der Waals surface area contributed by atoms with E-state index in [1.807, 2.05) is 0 Å². The Bertz CT molecular complexity index is 496. The van der Waals surface area contributed by atoms with E-state index in [-0.39, 0.29) is 5.82 Å². The summed E-state index contributed by atoms with van der Waals surface area (Å²) in [7, 11) is 0. The van der Waals surface area contributed by atoms with Crippen LogP contribution in [0.15, 0.2) is 30.5 Å². The van der Waals surface area contributed by atoms with E-state index in [0.717, 1.165) is 5.69 Å². The van der Waals surface area contributed by atoms with Crippen LogP contribution in [0.5, 0.6) is 0 Å². The second kappa shape index (κ2) is 4.63. The largest absolute Gasteiger partial charge is 0.330 e. The Morgan fingerprint density at radius 3 is 2.94 bits per heavy atom. The molecule has 84 valence electrons. The zero-order chi connectivity index (χ0) is 11.5. The minimum Gasteiger partial charge on any atom is -0.330 e. The summed E-state index contributed by atoms with van der Waals surface area (Å²) in [5, 5.41) is 4.80. The van der Waals surface area contributed by atoms with Gasteiger partial charge in [0.2, 0.25) is 0 Å². The van der Waals surface area contributed by atoms with Crippen LogP contribution in [0.25, 0.3) is 5.69 Å². The van der Waals surface area contributed by atoms with Crippen LogP contribution in [0.4, 0.5) is 4.39 Å². The van der Waals surface area contributed by atoms with Gasteiger partial charge in [0.1, 0.15) is 5.82 Å². The minimum atomic E-state index is -0.301. The van der Waals surface area contributed by atoms with Gasteiger partial charge in [-0.25, -0.2) is 9.07 Å². The van der Waals surface area contributed by atoms with Crippen molar-refractivity contribution in [3.8, 4) is 5.69 Å². The van der Waals surface area contributed by atoms with Crippen LogP contribution in [0.3, 0.4) is 0 Å². The molecule has 1 heterocycles. The Labute approximate surface area is 97.6 Å². The average Bonchev–Trinajstić information content (AvgIpc) is 2.61. The summed E-state index contributed by atoms with van der Waals surface area (Å²) in [6, 6.07) is 6.17. The highest BCUT2D eigenvalue weighted by molar-refractivity contribution is 6.31. The maximum Gasteiger partial charge on any atom is 0.125 e. The third-order valence-corrected chi connectivity index (χ3v) is 2.51. The lowest BCUT2D eigenvalue weighted by Gasteiger charge is -2.00. The monoisotopic (exact) mass is 239 g/mol. The summed E-state index contributed by atoms with van der Waals surface area (Å²) >= 11 is 5.98. The van der Waals surface area contributed by atoms with Crippen molar-refractivity contribution in [3.05, 3.63) is 47.0 Å². The molecule has 2 rings (SSSR count). The van der Waals surface area contributed by atoms with Gasteiger partial charge in [0, 0.05) is 12.6 Å². The Morgan fingerprint density at radius 2 is 2.25 bits per heavy atom. The molecule has 1 aromatic carbocycles. The summed E-state index contributed by atoms with van der Waals surface area (Å²) < 4.78 is 14.6. The molecular formula is C11H11ClFN3. The van der Waals surface area contributed by atoms with Crippen molar-refractivity contribution in [1.82, 2.24) is 9.78 Å². The third kappa shape index (κ3) is 2.23. The predicted molar refractivity (Wildman–Crippen MR) is 61.3 cm³/mol. The summed E-state index contributed by atoms with van der Waals surface area (Å²) in [6.45, 7) is 0.486. The molecule has 0 radical (unpaired) electrons. The Kier molecular flexibility index (Phi) is 3.22. The molecule has 2 aromatic rings. The van der Waals surface area contributed by atoms with Gasteiger partial charge < -0.3 is 5.73 Å². The van der Waals surface area contributed by atoms with Crippen LogP contribution >= 0.6 is 11.6 Å². The van der Waals surface area contributed by atoms with Gasteiger partial charge in [-0.1, -0.05) is 17.7 Å². The predicted octanol–water partition coefficient (Wildman–Crippen LogP) is 2.17. The number of halogens is 2. The lowest BCUT2D eigenvalue weighted by atomic mass is 10.3. The molecule has 0 bridgehead atoms. The summed E-state index contributed by atoms with van der Waals surface area (Å²) in [6.07, 6.45) is 2.27. The van der Waals surface area contributed by atoms with Gasteiger partial charge in [-0.3, -0.25) is 0 Å². The van der Waals surface area contributed by atoms with Gasteiger partial charge in [0.25, 0.3) is 0 Å². The van der Waals surface area contributed by atoms with Crippen molar-refractivity contribution in [2.45, 2.75) is 6.42 Å². The molecule has 0 saturated heterocycles. The normalized spacial score (nSPS) is 10.7. The fraction of sp³-hybridized carbons (Fsp3) is 0.182. The number of benzene rings is 1. The number of hydrogen-bond donors (Lipinski definition) is 1. The first-order chi connectivity index (χ1) is 7.70. The maximum atomic E-state index is 13.0. The molecule has 0 aliphatic carbocycles. The van der Waals surface area contributed by atoms with E-state index in [1.165, 1.54) is 12.1 Å². The first-order valence-corrected chi connectivity index (χ1v) is 5.28. The number of nitrogens with two attached hydrogens (primary N) is 1. The van der Waals surface area contributed by atoms with E-state index in [9.17, 15) is 4.39 Å². The zero-order valence-corrected chi connectivity index (χ0v) is 9.28. The van der Waals surface area contributed by atoms with Crippen LogP contribution in [-0.2, 0) is 6.42 Å². The minimum absolute atomic E-state index is 0.301. The van der Waals surface area contributed by atoms with Crippen LogP contribution < -0.4 is 5.73 Å². The lowest BCUT2D eigenvalue weighted by Crippen LogP contribution is -2.04. The highest BCUT2D eigenvalue weighted by atomic mass is 35.5.